The van der Waals surface area contributed by atoms with Crippen molar-refractivity contribution in [1.82, 2.24) is 4.90 Å². The van der Waals surface area contributed by atoms with E-state index in [0.717, 1.165) is 12.3 Å². The topological polar surface area (TPSA) is 44.1 Å². The molecule has 3 rings (SSSR count). The third kappa shape index (κ3) is 4.43. The number of hydrogen-bond acceptors (Lipinski definition) is 3. The Morgan fingerprint density at radius 2 is 1.77 bits per heavy atom. The molecule has 0 radical (unpaired) electrons. The smallest absolute Gasteiger partial charge is 0.361 e. The van der Waals surface area contributed by atoms with Gasteiger partial charge in [0.1, 0.15) is 0 Å². The molecule has 1 aromatic rings. The van der Waals surface area contributed by atoms with Crippen molar-refractivity contribution >= 4 is 5.78 Å². The van der Waals surface area contributed by atoms with Gasteiger partial charge in [-0.1, -0.05) is 30.4 Å². The van der Waals surface area contributed by atoms with Gasteiger partial charge < -0.3 is 4.90 Å². The molecule has 1 heterocycles. The minimum absolute atomic E-state index is 0.0327. The molecule has 0 saturated carbocycles. The van der Waals surface area contributed by atoms with E-state index < -0.39 is 47.4 Å². The number of carbonyl (C=O) groups excluding carboxylic acids is 1. The number of benzene rings is 1. The Labute approximate surface area is 174 Å². The average Bonchev–Trinajstić information content (AvgIpc) is 2.67. The molecule has 2 aliphatic rings. The Bertz CT molecular complexity index is 1070. The summed E-state index contributed by atoms with van der Waals surface area (Å²) in [6.45, 7) is 1.08. The fraction of sp³-hybridized carbons (Fsp3) is 0.273. The first-order chi connectivity index (χ1) is 14.4. The average molecular weight is 438 g/mol. The number of alkyl halides is 6. The Morgan fingerprint density at radius 1 is 1.10 bits per heavy atom. The maximum atomic E-state index is 13.5. The van der Waals surface area contributed by atoms with Crippen LogP contribution in [0, 0.1) is 11.3 Å². The number of hydrogen-bond donors (Lipinski definition) is 0. The molecule has 3 nitrogen and oxygen atoms in total. The van der Waals surface area contributed by atoms with Crippen molar-refractivity contribution in [1.29, 1.82) is 5.26 Å². The molecule has 31 heavy (non-hydrogen) atoms. The normalized spacial score (nSPS) is 19.9. The number of allylic oxidation sites excluding steroid dienone is 5. The van der Waals surface area contributed by atoms with Gasteiger partial charge in [-0.15, -0.1) is 0 Å². The van der Waals surface area contributed by atoms with Gasteiger partial charge in [-0.05, 0) is 30.2 Å². The number of nitriles is 1. The highest BCUT2D eigenvalue weighted by atomic mass is 19.4. The summed E-state index contributed by atoms with van der Waals surface area (Å²) >= 11 is 0. The van der Waals surface area contributed by atoms with Crippen molar-refractivity contribution in [3.63, 3.8) is 0 Å². The van der Waals surface area contributed by atoms with Gasteiger partial charge in [0.05, 0.1) is 28.8 Å². The molecular weight excluding hydrogens is 422 g/mol. The van der Waals surface area contributed by atoms with Crippen LogP contribution in [0.3, 0.4) is 0 Å². The molecule has 162 valence electrons. The van der Waals surface area contributed by atoms with Crippen LogP contribution < -0.4 is 0 Å². The van der Waals surface area contributed by atoms with Gasteiger partial charge in [-0.2, -0.15) is 31.6 Å². The quantitative estimate of drug-likeness (QED) is 0.575. The molecule has 0 bridgehead atoms. The molecule has 9 heteroatoms. The van der Waals surface area contributed by atoms with Crippen LogP contribution in [0.4, 0.5) is 26.3 Å². The lowest BCUT2D eigenvalue weighted by molar-refractivity contribution is -0.138. The second kappa shape index (κ2) is 8.10. The van der Waals surface area contributed by atoms with Crippen LogP contribution >= 0.6 is 0 Å². The van der Waals surface area contributed by atoms with E-state index in [9.17, 15) is 36.4 Å². The molecular formula is C22H16F6N2O. The van der Waals surface area contributed by atoms with Gasteiger partial charge in [0.2, 0.25) is 0 Å². The molecule has 0 aromatic heterocycles. The Morgan fingerprint density at radius 3 is 2.35 bits per heavy atom. The Kier molecular flexibility index (Phi) is 5.85. The summed E-state index contributed by atoms with van der Waals surface area (Å²) in [6, 6.07) is 4.77. The molecule has 1 atom stereocenters. The summed E-state index contributed by atoms with van der Waals surface area (Å²) in [7, 11) is 0. The fourth-order valence-corrected chi connectivity index (χ4v) is 3.74. The summed E-state index contributed by atoms with van der Waals surface area (Å²) in [5.74, 6) is -0.483. The van der Waals surface area contributed by atoms with Crippen LogP contribution in [0.25, 0.3) is 0 Å². The lowest BCUT2D eigenvalue weighted by atomic mass is 9.83. The van der Waals surface area contributed by atoms with Crippen LogP contribution in [0.2, 0.25) is 0 Å². The summed E-state index contributed by atoms with van der Waals surface area (Å²) in [4.78, 5) is 13.8. The molecule has 1 unspecified atom stereocenters. The van der Waals surface area contributed by atoms with Crippen LogP contribution in [-0.2, 0) is 17.5 Å². The first-order valence-electron chi connectivity index (χ1n) is 9.16. The predicted octanol–water partition coefficient (Wildman–Crippen LogP) is 5.63. The Hall–Kier alpha value is -3.28. The van der Waals surface area contributed by atoms with Crippen molar-refractivity contribution < 1.29 is 31.1 Å². The lowest BCUT2D eigenvalue weighted by Crippen LogP contribution is -2.41. The largest absolute Gasteiger partial charge is 0.417 e. The van der Waals surface area contributed by atoms with Gasteiger partial charge >= 0.3 is 12.4 Å². The van der Waals surface area contributed by atoms with E-state index in [1.807, 2.05) is 0 Å². The van der Waals surface area contributed by atoms with Gasteiger partial charge in [0.15, 0.2) is 5.78 Å². The van der Waals surface area contributed by atoms with Gasteiger partial charge in [-0.3, -0.25) is 4.79 Å². The van der Waals surface area contributed by atoms with E-state index in [0.29, 0.717) is 11.6 Å². The summed E-state index contributed by atoms with van der Waals surface area (Å²) < 4.78 is 80.9. The van der Waals surface area contributed by atoms with Crippen LogP contribution in [0.15, 0.2) is 71.0 Å². The van der Waals surface area contributed by atoms with Gasteiger partial charge in [0.25, 0.3) is 0 Å². The van der Waals surface area contributed by atoms with E-state index in [1.54, 1.807) is 18.2 Å². The highest BCUT2D eigenvalue weighted by molar-refractivity contribution is 6.00. The third-order valence-electron chi connectivity index (χ3n) is 5.10. The maximum Gasteiger partial charge on any atom is 0.417 e. The van der Waals surface area contributed by atoms with E-state index >= 15 is 0 Å². The van der Waals surface area contributed by atoms with E-state index in [1.165, 1.54) is 30.0 Å². The highest BCUT2D eigenvalue weighted by Gasteiger charge is 2.43. The number of halogens is 6. The summed E-state index contributed by atoms with van der Waals surface area (Å²) in [5.41, 5.74) is -2.74. The minimum Gasteiger partial charge on any atom is -0.361 e. The number of Topliss-reactive ketones (excluding diaryl/α,β-unsaturated/α-hetero) is 1. The van der Waals surface area contributed by atoms with Crippen molar-refractivity contribution in [2.24, 2.45) is 0 Å². The third-order valence-corrected chi connectivity index (χ3v) is 5.10. The molecule has 1 aliphatic heterocycles. The minimum atomic E-state index is -4.86. The van der Waals surface area contributed by atoms with E-state index in [-0.39, 0.29) is 17.6 Å². The van der Waals surface area contributed by atoms with E-state index in [4.69, 9.17) is 0 Å². The predicted molar refractivity (Wildman–Crippen MR) is 100 cm³/mol. The molecule has 1 aliphatic carbocycles. The SMILES string of the molecule is CC1=C(C2C(C#N)=C(C(F)(F)F)C=CN2Cc2ccccc2C(F)(F)F)C(=O)CC=C1. The second-order valence-electron chi connectivity index (χ2n) is 7.11. The monoisotopic (exact) mass is 438 g/mol. The number of ketones is 1. The molecule has 1 aromatic carbocycles. The molecule has 0 spiro atoms. The number of nitrogens with zero attached hydrogens (tertiary/aromatic N) is 2. The van der Waals surface area contributed by atoms with E-state index in [2.05, 4.69) is 0 Å². The zero-order valence-electron chi connectivity index (χ0n) is 16.2. The molecule has 0 amide bonds. The second-order valence-corrected chi connectivity index (χ2v) is 7.11. The van der Waals surface area contributed by atoms with Gasteiger partial charge in [0, 0.05) is 24.7 Å². The maximum absolute atomic E-state index is 13.5. The number of carbonyl (C=O) groups is 1. The molecule has 0 N–H and O–H groups in total. The highest BCUT2D eigenvalue weighted by Crippen LogP contribution is 2.40. The summed E-state index contributed by atoms with van der Waals surface area (Å²) in [5, 5.41) is 9.57. The lowest BCUT2D eigenvalue weighted by Gasteiger charge is -2.37. The zero-order valence-corrected chi connectivity index (χ0v) is 16.2. The van der Waals surface area contributed by atoms with Gasteiger partial charge in [-0.25, -0.2) is 0 Å². The van der Waals surface area contributed by atoms with Crippen molar-refractivity contribution in [2.45, 2.75) is 38.3 Å². The Balaban J connectivity index is 2.17. The standard InChI is InChI=1S/C22H16F6N2O/c1-13-5-4-8-18(31)19(13)20-15(11-29)17(22(26,27)28)9-10-30(20)12-14-6-2-3-7-16(14)21(23,24)25/h2-7,9-10,20H,8,12H2,1H3. The van der Waals surface area contributed by atoms with Crippen LogP contribution in [-0.4, -0.2) is 22.9 Å². The fourth-order valence-electron chi connectivity index (χ4n) is 3.74. The zero-order chi connectivity index (χ0) is 23.0. The molecule has 0 saturated heterocycles. The summed E-state index contributed by atoms with van der Waals surface area (Å²) in [6.07, 6.45) is -4.85. The van der Waals surface area contributed by atoms with Crippen molar-refractivity contribution in [3.8, 4) is 6.07 Å². The first-order valence-corrected chi connectivity index (χ1v) is 9.16. The van der Waals surface area contributed by atoms with Crippen molar-refractivity contribution in [2.75, 3.05) is 0 Å². The van der Waals surface area contributed by atoms with Crippen LogP contribution in [0.1, 0.15) is 24.5 Å². The van der Waals surface area contributed by atoms with Crippen molar-refractivity contribution in [3.05, 3.63) is 82.1 Å². The van der Waals surface area contributed by atoms with Crippen LogP contribution in [0.5, 0.6) is 0 Å². The molecule has 0 fully saturated rings. The number of rotatable bonds is 3. The first kappa shape index (κ1) is 22.4.